The molecule has 0 N–H and O–H groups in total. The molecule has 0 amide bonds. The van der Waals surface area contributed by atoms with E-state index in [-0.39, 0.29) is 5.97 Å². The predicted octanol–water partition coefficient (Wildman–Crippen LogP) is 4.02. The molecule has 0 rings (SSSR count). The van der Waals surface area contributed by atoms with E-state index in [1.165, 1.54) is 18.3 Å². The van der Waals surface area contributed by atoms with Gasteiger partial charge in [0.1, 0.15) is 0 Å². The third kappa shape index (κ3) is 8.27. The molecule has 0 heterocycles. The van der Waals surface area contributed by atoms with Crippen LogP contribution in [0.4, 0.5) is 0 Å². The van der Waals surface area contributed by atoms with E-state index in [0.717, 1.165) is 25.7 Å². The minimum Gasteiger partial charge on any atom is -0.469 e. The summed E-state index contributed by atoms with van der Waals surface area (Å²) in [6, 6.07) is 0. The second kappa shape index (κ2) is 9.20. The summed E-state index contributed by atoms with van der Waals surface area (Å²) in [6.07, 6.45) is 9.13. The van der Waals surface area contributed by atoms with Crippen molar-refractivity contribution >= 4 is 5.97 Å². The van der Waals surface area contributed by atoms with Crippen molar-refractivity contribution in [2.45, 2.75) is 52.9 Å². The van der Waals surface area contributed by atoms with E-state index in [1.807, 2.05) is 6.08 Å². The first kappa shape index (κ1) is 14.9. The Labute approximate surface area is 99.4 Å². The minimum absolute atomic E-state index is 0.166. The third-order valence-electron chi connectivity index (χ3n) is 2.67. The molecule has 0 unspecified atom stereocenters. The molecule has 0 aliphatic heterocycles. The van der Waals surface area contributed by atoms with Crippen molar-refractivity contribution in [3.8, 4) is 0 Å². The largest absolute Gasteiger partial charge is 0.469 e. The number of unbranched alkanes of at least 4 members (excludes halogenated alkanes) is 1. The van der Waals surface area contributed by atoms with E-state index in [9.17, 15) is 4.79 Å². The quantitative estimate of drug-likeness (QED) is 0.371. The van der Waals surface area contributed by atoms with Gasteiger partial charge in [-0.15, -0.1) is 0 Å². The Morgan fingerprint density at radius 3 is 2.44 bits per heavy atom. The molecule has 0 aliphatic carbocycles. The molecule has 0 radical (unpaired) electrons. The average Bonchev–Trinajstić information content (AvgIpc) is 2.31. The van der Waals surface area contributed by atoms with Crippen LogP contribution in [-0.4, -0.2) is 13.1 Å². The SMILES string of the molecule is CC/C(C)=C/CCC/C(C)=C/CC(=O)OC. The summed E-state index contributed by atoms with van der Waals surface area (Å²) in [7, 11) is 1.42. The first-order valence-corrected chi connectivity index (χ1v) is 5.98. The summed E-state index contributed by atoms with van der Waals surface area (Å²) in [5, 5.41) is 0. The molecule has 16 heavy (non-hydrogen) atoms. The molecule has 0 aromatic rings. The molecule has 0 fully saturated rings. The van der Waals surface area contributed by atoms with Crippen LogP contribution >= 0.6 is 0 Å². The van der Waals surface area contributed by atoms with Gasteiger partial charge >= 0.3 is 5.97 Å². The fraction of sp³-hybridized carbons (Fsp3) is 0.643. The minimum atomic E-state index is -0.166. The molecule has 0 aromatic carbocycles. The van der Waals surface area contributed by atoms with E-state index >= 15 is 0 Å². The van der Waals surface area contributed by atoms with Crippen LogP contribution in [0.1, 0.15) is 52.9 Å². The highest BCUT2D eigenvalue weighted by Crippen LogP contribution is 2.10. The van der Waals surface area contributed by atoms with E-state index in [1.54, 1.807) is 0 Å². The smallest absolute Gasteiger partial charge is 0.309 e. The average molecular weight is 224 g/mol. The lowest BCUT2D eigenvalue weighted by atomic mass is 10.1. The molecule has 2 nitrogen and oxygen atoms in total. The molecule has 0 bridgehead atoms. The highest BCUT2D eigenvalue weighted by atomic mass is 16.5. The summed E-state index contributed by atoms with van der Waals surface area (Å²) in [5.74, 6) is -0.166. The van der Waals surface area contributed by atoms with Crippen molar-refractivity contribution in [1.82, 2.24) is 0 Å². The Kier molecular flexibility index (Phi) is 8.59. The van der Waals surface area contributed by atoms with Crippen molar-refractivity contribution in [3.05, 3.63) is 23.3 Å². The van der Waals surface area contributed by atoms with Gasteiger partial charge in [0.05, 0.1) is 13.5 Å². The summed E-state index contributed by atoms with van der Waals surface area (Å²) >= 11 is 0. The van der Waals surface area contributed by atoms with Gasteiger partial charge < -0.3 is 4.74 Å². The number of allylic oxidation sites excluding steroid dienone is 3. The number of carbonyl (C=O) groups excluding carboxylic acids is 1. The van der Waals surface area contributed by atoms with E-state index in [0.29, 0.717) is 6.42 Å². The van der Waals surface area contributed by atoms with E-state index in [4.69, 9.17) is 0 Å². The number of hydrogen-bond acceptors (Lipinski definition) is 2. The van der Waals surface area contributed by atoms with Crippen LogP contribution in [-0.2, 0) is 9.53 Å². The Hall–Kier alpha value is -1.05. The van der Waals surface area contributed by atoms with Gasteiger partial charge in [-0.2, -0.15) is 0 Å². The number of methoxy groups -OCH3 is 1. The zero-order valence-corrected chi connectivity index (χ0v) is 11.0. The number of esters is 1. The molecule has 0 saturated heterocycles. The van der Waals surface area contributed by atoms with Crippen LogP contribution in [0.5, 0.6) is 0 Å². The number of ether oxygens (including phenoxy) is 1. The lowest BCUT2D eigenvalue weighted by molar-refractivity contribution is -0.139. The Morgan fingerprint density at radius 1 is 1.19 bits per heavy atom. The second-order valence-electron chi connectivity index (χ2n) is 4.13. The molecular formula is C14H24O2. The van der Waals surface area contributed by atoms with Gasteiger partial charge in [0.15, 0.2) is 0 Å². The maximum absolute atomic E-state index is 10.9. The molecule has 2 heteroatoms. The van der Waals surface area contributed by atoms with Crippen LogP contribution in [0.25, 0.3) is 0 Å². The maximum atomic E-state index is 10.9. The van der Waals surface area contributed by atoms with Crippen LogP contribution in [0.2, 0.25) is 0 Å². The summed E-state index contributed by atoms with van der Waals surface area (Å²) < 4.78 is 4.58. The van der Waals surface area contributed by atoms with E-state index in [2.05, 4.69) is 31.6 Å². The highest BCUT2D eigenvalue weighted by Gasteiger charge is 1.96. The van der Waals surface area contributed by atoms with Gasteiger partial charge in [-0.05, 0) is 39.5 Å². The number of hydrogen-bond donors (Lipinski definition) is 0. The monoisotopic (exact) mass is 224 g/mol. The zero-order chi connectivity index (χ0) is 12.4. The van der Waals surface area contributed by atoms with Crippen LogP contribution in [0, 0.1) is 0 Å². The summed E-state index contributed by atoms with van der Waals surface area (Å²) in [4.78, 5) is 10.9. The summed E-state index contributed by atoms with van der Waals surface area (Å²) in [5.41, 5.74) is 2.73. The van der Waals surface area contributed by atoms with Crippen molar-refractivity contribution in [2.24, 2.45) is 0 Å². The zero-order valence-electron chi connectivity index (χ0n) is 11.0. The first-order valence-electron chi connectivity index (χ1n) is 5.98. The lowest BCUT2D eigenvalue weighted by Crippen LogP contribution is -1.97. The molecule has 0 spiro atoms. The van der Waals surface area contributed by atoms with Crippen LogP contribution in [0.15, 0.2) is 23.3 Å². The van der Waals surface area contributed by atoms with Gasteiger partial charge in [0.25, 0.3) is 0 Å². The topological polar surface area (TPSA) is 26.3 Å². The molecule has 0 saturated carbocycles. The fourth-order valence-electron chi connectivity index (χ4n) is 1.32. The molecule has 92 valence electrons. The normalized spacial score (nSPS) is 12.8. The van der Waals surface area contributed by atoms with Crippen molar-refractivity contribution in [1.29, 1.82) is 0 Å². The Balaban J connectivity index is 3.72. The maximum Gasteiger partial charge on any atom is 0.309 e. The van der Waals surface area contributed by atoms with Gasteiger partial charge in [0, 0.05) is 0 Å². The molecule has 0 aliphatic rings. The second-order valence-corrected chi connectivity index (χ2v) is 4.13. The molecule has 0 atom stereocenters. The predicted molar refractivity (Wildman–Crippen MR) is 68.3 cm³/mol. The Morgan fingerprint density at radius 2 is 1.88 bits per heavy atom. The van der Waals surface area contributed by atoms with Gasteiger partial charge in [-0.25, -0.2) is 0 Å². The number of rotatable bonds is 7. The summed E-state index contributed by atoms with van der Waals surface area (Å²) in [6.45, 7) is 6.41. The standard InChI is InChI=1S/C14H24O2/c1-5-12(2)8-6-7-9-13(3)10-11-14(15)16-4/h8,10H,5-7,9,11H2,1-4H3/b12-8+,13-10+. The number of carbonyl (C=O) groups is 1. The Bertz CT molecular complexity index is 262. The van der Waals surface area contributed by atoms with Crippen molar-refractivity contribution in [3.63, 3.8) is 0 Å². The van der Waals surface area contributed by atoms with Crippen LogP contribution < -0.4 is 0 Å². The lowest BCUT2D eigenvalue weighted by Gasteiger charge is -2.00. The van der Waals surface area contributed by atoms with Crippen LogP contribution in [0.3, 0.4) is 0 Å². The van der Waals surface area contributed by atoms with E-state index < -0.39 is 0 Å². The molecule has 0 aromatic heterocycles. The van der Waals surface area contributed by atoms with Crippen molar-refractivity contribution < 1.29 is 9.53 Å². The van der Waals surface area contributed by atoms with Gasteiger partial charge in [0.2, 0.25) is 0 Å². The molecular weight excluding hydrogens is 200 g/mol. The van der Waals surface area contributed by atoms with Gasteiger partial charge in [-0.1, -0.05) is 30.2 Å². The van der Waals surface area contributed by atoms with Gasteiger partial charge in [-0.3, -0.25) is 4.79 Å². The first-order chi connectivity index (χ1) is 7.60. The fourth-order valence-corrected chi connectivity index (χ4v) is 1.32. The highest BCUT2D eigenvalue weighted by molar-refractivity contribution is 5.71. The van der Waals surface area contributed by atoms with Crippen molar-refractivity contribution in [2.75, 3.05) is 7.11 Å². The third-order valence-corrected chi connectivity index (χ3v) is 2.67.